The number of carboxylic acid groups (broad SMARTS) is 1. The molecule has 0 fully saturated rings. The second kappa shape index (κ2) is 11.7. The standard InChI is InChI=1S/C17H16N2O3.C6H4F2S/c1-19-10-13-5-6-16(22-11-17(20)21)15(8-13)14-4-2-3-12(7-14)9-18;7-5-2-1-4(9)3-6(5)8/h2-8,19H,10-11H2,1H3,(H,20,21);1-3,9H. The van der Waals surface area contributed by atoms with E-state index in [1.54, 1.807) is 24.3 Å². The Kier molecular flexibility index (Phi) is 9.00. The van der Waals surface area contributed by atoms with E-state index >= 15 is 0 Å². The lowest BCUT2D eigenvalue weighted by atomic mass is 10.00. The van der Waals surface area contributed by atoms with Gasteiger partial charge in [0.25, 0.3) is 0 Å². The van der Waals surface area contributed by atoms with Crippen molar-refractivity contribution in [2.75, 3.05) is 13.7 Å². The predicted molar refractivity (Wildman–Crippen MR) is 116 cm³/mol. The fourth-order valence-corrected chi connectivity index (χ4v) is 2.81. The molecule has 0 heterocycles. The molecule has 0 atom stereocenters. The highest BCUT2D eigenvalue weighted by molar-refractivity contribution is 7.80. The molecule has 0 aromatic heterocycles. The van der Waals surface area contributed by atoms with Gasteiger partial charge in [-0.25, -0.2) is 13.6 Å². The summed E-state index contributed by atoms with van der Waals surface area (Å²) in [6.45, 7) is 0.278. The monoisotopic (exact) mass is 442 g/mol. The summed E-state index contributed by atoms with van der Waals surface area (Å²) < 4.78 is 29.6. The van der Waals surface area contributed by atoms with Crippen molar-refractivity contribution in [1.82, 2.24) is 5.32 Å². The molecule has 160 valence electrons. The lowest BCUT2D eigenvalue weighted by Gasteiger charge is -2.13. The number of carboxylic acids is 1. The molecule has 31 heavy (non-hydrogen) atoms. The molecular weight excluding hydrogens is 422 g/mol. The van der Waals surface area contributed by atoms with Crippen LogP contribution in [0.25, 0.3) is 11.1 Å². The first kappa shape index (κ1) is 23.9. The van der Waals surface area contributed by atoms with Crippen LogP contribution < -0.4 is 10.1 Å². The molecule has 0 amide bonds. The van der Waals surface area contributed by atoms with Gasteiger partial charge < -0.3 is 15.2 Å². The molecule has 0 spiro atoms. The van der Waals surface area contributed by atoms with Gasteiger partial charge in [-0.1, -0.05) is 18.2 Å². The van der Waals surface area contributed by atoms with E-state index in [1.165, 1.54) is 6.07 Å². The first-order chi connectivity index (χ1) is 14.8. The quantitative estimate of drug-likeness (QED) is 0.484. The summed E-state index contributed by atoms with van der Waals surface area (Å²) in [5.41, 5.74) is 3.17. The van der Waals surface area contributed by atoms with Crippen LogP contribution in [0, 0.1) is 23.0 Å². The number of ether oxygens (including phenoxy) is 1. The number of rotatable bonds is 6. The van der Waals surface area contributed by atoms with Gasteiger partial charge in [-0.05, 0) is 60.6 Å². The van der Waals surface area contributed by atoms with Crippen molar-refractivity contribution in [2.45, 2.75) is 11.4 Å². The Morgan fingerprint density at radius 2 is 1.90 bits per heavy atom. The topological polar surface area (TPSA) is 82.3 Å². The van der Waals surface area contributed by atoms with Crippen molar-refractivity contribution >= 4 is 18.6 Å². The molecule has 0 bridgehead atoms. The van der Waals surface area contributed by atoms with Gasteiger partial charge >= 0.3 is 5.97 Å². The number of hydrogen-bond acceptors (Lipinski definition) is 5. The first-order valence-corrected chi connectivity index (χ1v) is 9.55. The number of halogens is 2. The maximum absolute atomic E-state index is 12.2. The smallest absolute Gasteiger partial charge is 0.341 e. The largest absolute Gasteiger partial charge is 0.481 e. The van der Waals surface area contributed by atoms with Gasteiger partial charge in [0.05, 0.1) is 11.6 Å². The molecule has 3 rings (SSSR count). The minimum atomic E-state index is -1.03. The van der Waals surface area contributed by atoms with Crippen LogP contribution in [0.4, 0.5) is 8.78 Å². The van der Waals surface area contributed by atoms with E-state index in [1.807, 2.05) is 25.2 Å². The van der Waals surface area contributed by atoms with Gasteiger partial charge in [0, 0.05) is 17.0 Å². The van der Waals surface area contributed by atoms with Gasteiger partial charge in [0.1, 0.15) is 5.75 Å². The van der Waals surface area contributed by atoms with Crippen LogP contribution >= 0.6 is 12.6 Å². The lowest BCUT2D eigenvalue weighted by Crippen LogP contribution is -2.10. The molecule has 3 aromatic carbocycles. The van der Waals surface area contributed by atoms with Crippen LogP contribution in [0.15, 0.2) is 65.6 Å². The molecule has 0 aliphatic carbocycles. The van der Waals surface area contributed by atoms with Gasteiger partial charge in [-0.3, -0.25) is 0 Å². The van der Waals surface area contributed by atoms with Crippen LogP contribution in [0.5, 0.6) is 5.75 Å². The summed E-state index contributed by atoms with van der Waals surface area (Å²) in [6, 6.07) is 18.3. The molecule has 8 heteroatoms. The highest BCUT2D eigenvalue weighted by atomic mass is 32.1. The highest BCUT2D eigenvalue weighted by Gasteiger charge is 2.10. The van der Waals surface area contributed by atoms with Crippen molar-refractivity contribution in [3.63, 3.8) is 0 Å². The van der Waals surface area contributed by atoms with Crippen LogP contribution in [-0.2, 0) is 11.3 Å². The van der Waals surface area contributed by atoms with Crippen molar-refractivity contribution in [3.8, 4) is 22.9 Å². The van der Waals surface area contributed by atoms with Crippen molar-refractivity contribution < 1.29 is 23.4 Å². The number of nitriles is 1. The Balaban J connectivity index is 0.000000316. The minimum absolute atomic E-state index is 0.406. The number of aliphatic carboxylic acids is 1. The summed E-state index contributed by atoms with van der Waals surface area (Å²) in [5, 5.41) is 20.9. The molecule has 0 saturated carbocycles. The maximum atomic E-state index is 12.2. The molecule has 5 nitrogen and oxygen atoms in total. The summed E-state index contributed by atoms with van der Waals surface area (Å²) in [5.74, 6) is -2.25. The zero-order chi connectivity index (χ0) is 22.8. The fraction of sp³-hybridized carbons (Fsp3) is 0.130. The maximum Gasteiger partial charge on any atom is 0.341 e. The average Bonchev–Trinajstić information content (AvgIpc) is 2.76. The Morgan fingerprint density at radius 3 is 2.52 bits per heavy atom. The third-order valence-electron chi connectivity index (χ3n) is 3.98. The Hall–Kier alpha value is -3.41. The Bertz CT molecular complexity index is 1100. The van der Waals surface area contributed by atoms with E-state index in [9.17, 15) is 13.6 Å². The summed E-state index contributed by atoms with van der Waals surface area (Å²) in [4.78, 5) is 11.1. The second-order valence-electron chi connectivity index (χ2n) is 6.33. The van der Waals surface area contributed by atoms with Gasteiger partial charge in [-0.15, -0.1) is 12.6 Å². The molecule has 0 aliphatic rings. The normalized spacial score (nSPS) is 9.90. The molecule has 0 radical (unpaired) electrons. The van der Waals surface area contributed by atoms with Crippen LogP contribution in [-0.4, -0.2) is 24.7 Å². The van der Waals surface area contributed by atoms with Crippen molar-refractivity contribution in [3.05, 3.63) is 83.4 Å². The van der Waals surface area contributed by atoms with E-state index in [0.717, 1.165) is 28.8 Å². The molecule has 2 N–H and O–H groups in total. The number of nitrogens with one attached hydrogen (secondary N) is 1. The molecule has 3 aromatic rings. The van der Waals surface area contributed by atoms with Crippen LogP contribution in [0.3, 0.4) is 0 Å². The minimum Gasteiger partial charge on any atom is -0.481 e. The molecule has 0 aliphatic heterocycles. The van der Waals surface area contributed by atoms with Gasteiger partial charge in [0.2, 0.25) is 0 Å². The van der Waals surface area contributed by atoms with E-state index in [-0.39, 0.29) is 0 Å². The average molecular weight is 442 g/mol. The molecular formula is C23H20F2N2O3S. The third kappa shape index (κ3) is 7.41. The van der Waals surface area contributed by atoms with E-state index in [4.69, 9.17) is 15.1 Å². The SMILES string of the molecule is CNCc1ccc(OCC(=O)O)c(-c2cccc(C#N)c2)c1.Fc1ccc(S)cc1F. The van der Waals surface area contributed by atoms with E-state index in [2.05, 4.69) is 24.0 Å². The zero-order valence-electron chi connectivity index (χ0n) is 16.6. The van der Waals surface area contributed by atoms with Crippen LogP contribution in [0.2, 0.25) is 0 Å². The first-order valence-electron chi connectivity index (χ1n) is 9.10. The number of hydrogen-bond donors (Lipinski definition) is 3. The summed E-state index contributed by atoms with van der Waals surface area (Å²) >= 11 is 3.79. The number of benzene rings is 3. The van der Waals surface area contributed by atoms with Crippen LogP contribution in [0.1, 0.15) is 11.1 Å². The summed E-state index contributed by atoms with van der Waals surface area (Å²) in [7, 11) is 1.85. The zero-order valence-corrected chi connectivity index (χ0v) is 17.5. The third-order valence-corrected chi connectivity index (χ3v) is 4.26. The second-order valence-corrected chi connectivity index (χ2v) is 6.85. The van der Waals surface area contributed by atoms with Crippen molar-refractivity contribution in [2.24, 2.45) is 0 Å². The van der Waals surface area contributed by atoms with E-state index in [0.29, 0.717) is 22.8 Å². The Labute approximate surface area is 184 Å². The Morgan fingerprint density at radius 1 is 1.13 bits per heavy atom. The summed E-state index contributed by atoms with van der Waals surface area (Å²) in [6.07, 6.45) is 0. The fourth-order valence-electron chi connectivity index (χ4n) is 2.62. The molecule has 0 unspecified atom stereocenters. The predicted octanol–water partition coefficient (Wildman–Crippen LogP) is 4.66. The lowest BCUT2D eigenvalue weighted by molar-refractivity contribution is -0.139. The number of carbonyl (C=O) groups is 1. The molecule has 0 saturated heterocycles. The van der Waals surface area contributed by atoms with Gasteiger partial charge in [0.15, 0.2) is 18.2 Å². The number of nitrogens with zero attached hydrogens (tertiary/aromatic N) is 1. The highest BCUT2D eigenvalue weighted by Crippen LogP contribution is 2.31. The van der Waals surface area contributed by atoms with Crippen molar-refractivity contribution in [1.29, 1.82) is 5.26 Å². The van der Waals surface area contributed by atoms with Gasteiger partial charge in [-0.2, -0.15) is 5.26 Å². The number of thiol groups is 1. The van der Waals surface area contributed by atoms with E-state index < -0.39 is 24.2 Å².